The molecule has 180 valence electrons. The zero-order chi connectivity index (χ0) is 24.5. The topological polar surface area (TPSA) is 87.4 Å². The number of aromatic nitrogens is 3. The molecule has 3 aromatic rings. The van der Waals surface area contributed by atoms with E-state index in [0.717, 1.165) is 30.2 Å². The van der Waals surface area contributed by atoms with Crippen LogP contribution in [0.1, 0.15) is 38.2 Å². The van der Waals surface area contributed by atoms with Crippen molar-refractivity contribution in [3.05, 3.63) is 64.9 Å². The average Bonchev–Trinajstić information content (AvgIpc) is 3.20. The Labute approximate surface area is 209 Å². The van der Waals surface area contributed by atoms with Crippen LogP contribution in [0.15, 0.2) is 58.8 Å². The number of nitrogens with one attached hydrogen (secondary N) is 2. The Morgan fingerprint density at radius 3 is 2.62 bits per heavy atom. The second-order valence-electron chi connectivity index (χ2n) is 7.62. The summed E-state index contributed by atoms with van der Waals surface area (Å²) in [6, 6.07) is 15.5. The lowest BCUT2D eigenvalue weighted by atomic mass is 10.2. The first kappa shape index (κ1) is 25.6. The third-order valence-electron chi connectivity index (χ3n) is 5.22. The number of benzene rings is 2. The third-order valence-corrected chi connectivity index (χ3v) is 6.48. The van der Waals surface area contributed by atoms with Crippen LogP contribution < -0.4 is 15.6 Å². The number of amides is 1. The summed E-state index contributed by atoms with van der Waals surface area (Å²) in [4.78, 5) is 14.5. The fraction of sp³-hybridized carbons (Fsp3) is 0.333. The second kappa shape index (κ2) is 12.4. The first-order valence-corrected chi connectivity index (χ1v) is 12.5. The average molecular weight is 500 g/mol. The van der Waals surface area contributed by atoms with Crippen molar-refractivity contribution in [1.29, 1.82) is 0 Å². The van der Waals surface area contributed by atoms with Crippen LogP contribution in [-0.4, -0.2) is 45.7 Å². The van der Waals surface area contributed by atoms with Gasteiger partial charge in [0.25, 0.3) is 5.91 Å². The van der Waals surface area contributed by atoms with E-state index in [1.807, 2.05) is 54.9 Å². The Bertz CT molecular complexity index is 1110. The molecule has 0 saturated heterocycles. The third kappa shape index (κ3) is 6.98. The molecule has 10 heteroatoms. The number of hydrogen-bond acceptors (Lipinski definition) is 7. The Morgan fingerprint density at radius 2 is 1.94 bits per heavy atom. The molecule has 0 aliphatic heterocycles. The number of nitrogens with zero attached hydrogens (tertiary/aromatic N) is 5. The minimum Gasteiger partial charge on any atom is -0.375 e. The Morgan fingerprint density at radius 1 is 1.21 bits per heavy atom. The highest BCUT2D eigenvalue weighted by molar-refractivity contribution is 7.99. The number of hydrogen-bond donors (Lipinski definition) is 2. The van der Waals surface area contributed by atoms with E-state index in [2.05, 4.69) is 56.9 Å². The standard InChI is InChI=1S/C24H30ClN7OS/c1-5-32(6-2)21-12-10-18(11-13-21)15-26-28-22(33)16-34-24-30-29-23(31(24)4)17(3)27-20-9-7-8-19(25)14-20/h7-15,17,27H,5-6,16H2,1-4H3,(H,28,33). The molecule has 0 saturated carbocycles. The summed E-state index contributed by atoms with van der Waals surface area (Å²) >= 11 is 7.36. The van der Waals surface area contributed by atoms with Crippen LogP contribution in [0.2, 0.25) is 5.02 Å². The minimum absolute atomic E-state index is 0.0862. The fourth-order valence-corrected chi connectivity index (χ4v) is 4.32. The van der Waals surface area contributed by atoms with E-state index >= 15 is 0 Å². The Balaban J connectivity index is 1.49. The van der Waals surface area contributed by atoms with Gasteiger partial charge in [-0.1, -0.05) is 41.6 Å². The molecule has 1 atom stereocenters. The molecular weight excluding hydrogens is 470 g/mol. The Kier molecular flexibility index (Phi) is 9.35. The van der Waals surface area contributed by atoms with Crippen LogP contribution in [0.3, 0.4) is 0 Å². The smallest absolute Gasteiger partial charge is 0.250 e. The van der Waals surface area contributed by atoms with Crippen LogP contribution >= 0.6 is 23.4 Å². The second-order valence-corrected chi connectivity index (χ2v) is 9.00. The van der Waals surface area contributed by atoms with Gasteiger partial charge in [-0.3, -0.25) is 4.79 Å². The van der Waals surface area contributed by atoms with Crippen LogP contribution in [0.5, 0.6) is 0 Å². The summed E-state index contributed by atoms with van der Waals surface area (Å²) in [5.74, 6) is 0.727. The molecule has 2 N–H and O–H groups in total. The number of thioether (sulfide) groups is 1. The monoisotopic (exact) mass is 499 g/mol. The van der Waals surface area contributed by atoms with Crippen molar-refractivity contribution in [2.75, 3.05) is 29.1 Å². The highest BCUT2D eigenvalue weighted by atomic mass is 35.5. The molecule has 0 bridgehead atoms. The van der Waals surface area contributed by atoms with Gasteiger partial charge >= 0.3 is 0 Å². The van der Waals surface area contributed by atoms with Gasteiger partial charge in [0.1, 0.15) is 0 Å². The predicted molar refractivity (Wildman–Crippen MR) is 141 cm³/mol. The van der Waals surface area contributed by atoms with Crippen molar-refractivity contribution in [1.82, 2.24) is 20.2 Å². The van der Waals surface area contributed by atoms with Gasteiger partial charge in [-0.15, -0.1) is 10.2 Å². The van der Waals surface area contributed by atoms with E-state index in [1.165, 1.54) is 17.4 Å². The summed E-state index contributed by atoms with van der Waals surface area (Å²) in [6.07, 6.45) is 1.64. The summed E-state index contributed by atoms with van der Waals surface area (Å²) in [7, 11) is 1.88. The lowest BCUT2D eigenvalue weighted by Gasteiger charge is -2.20. The number of anilines is 2. The maximum Gasteiger partial charge on any atom is 0.250 e. The zero-order valence-electron chi connectivity index (χ0n) is 19.8. The van der Waals surface area contributed by atoms with Gasteiger partial charge < -0.3 is 14.8 Å². The van der Waals surface area contributed by atoms with Crippen LogP contribution in [0.4, 0.5) is 11.4 Å². The SMILES string of the molecule is CCN(CC)c1ccc(C=NNC(=O)CSc2nnc(C(C)Nc3cccc(Cl)c3)n2C)cc1. The molecule has 8 nitrogen and oxygen atoms in total. The molecular formula is C24H30ClN7OS. The van der Waals surface area contributed by atoms with Gasteiger partial charge in [0.15, 0.2) is 11.0 Å². The van der Waals surface area contributed by atoms with E-state index in [1.54, 1.807) is 6.21 Å². The molecule has 0 aliphatic carbocycles. The number of carbonyl (C=O) groups excluding carboxylic acids is 1. The molecule has 1 amide bonds. The van der Waals surface area contributed by atoms with E-state index in [9.17, 15) is 4.79 Å². The molecule has 1 unspecified atom stereocenters. The van der Waals surface area contributed by atoms with Crippen molar-refractivity contribution < 1.29 is 4.79 Å². The van der Waals surface area contributed by atoms with E-state index in [-0.39, 0.29) is 17.7 Å². The summed E-state index contributed by atoms with van der Waals surface area (Å²) in [6.45, 7) is 8.18. The molecule has 34 heavy (non-hydrogen) atoms. The van der Waals surface area contributed by atoms with E-state index < -0.39 is 0 Å². The zero-order valence-corrected chi connectivity index (χ0v) is 21.4. The van der Waals surface area contributed by atoms with E-state index in [4.69, 9.17) is 11.6 Å². The van der Waals surface area contributed by atoms with Crippen molar-refractivity contribution in [3.8, 4) is 0 Å². The van der Waals surface area contributed by atoms with Gasteiger partial charge in [-0.25, -0.2) is 5.43 Å². The van der Waals surface area contributed by atoms with Crippen LogP contribution in [-0.2, 0) is 11.8 Å². The fourth-order valence-electron chi connectivity index (χ4n) is 3.42. The van der Waals surface area contributed by atoms with Gasteiger partial charge in [0.2, 0.25) is 0 Å². The number of halogens is 1. The lowest BCUT2D eigenvalue weighted by molar-refractivity contribution is -0.118. The molecule has 0 spiro atoms. The van der Waals surface area contributed by atoms with E-state index in [0.29, 0.717) is 10.2 Å². The predicted octanol–water partition coefficient (Wildman–Crippen LogP) is 4.73. The lowest BCUT2D eigenvalue weighted by Crippen LogP contribution is -2.21. The minimum atomic E-state index is -0.212. The largest absolute Gasteiger partial charge is 0.375 e. The first-order chi connectivity index (χ1) is 16.4. The first-order valence-electron chi connectivity index (χ1n) is 11.1. The van der Waals surface area contributed by atoms with Crippen LogP contribution in [0.25, 0.3) is 0 Å². The van der Waals surface area contributed by atoms with Crippen LogP contribution in [0, 0.1) is 0 Å². The molecule has 3 rings (SSSR count). The highest BCUT2D eigenvalue weighted by Crippen LogP contribution is 2.23. The van der Waals surface area contributed by atoms with Gasteiger partial charge in [-0.2, -0.15) is 5.10 Å². The summed E-state index contributed by atoms with van der Waals surface area (Å²) in [5.41, 5.74) is 5.55. The molecule has 2 aromatic carbocycles. The van der Waals surface area contributed by atoms with Crippen molar-refractivity contribution in [3.63, 3.8) is 0 Å². The number of rotatable bonds is 11. The van der Waals surface area contributed by atoms with Gasteiger partial charge in [0.05, 0.1) is 18.0 Å². The van der Waals surface area contributed by atoms with Crippen molar-refractivity contribution in [2.24, 2.45) is 12.1 Å². The molecule has 0 aliphatic rings. The maximum atomic E-state index is 12.2. The van der Waals surface area contributed by atoms with Gasteiger partial charge in [0, 0.05) is 36.5 Å². The molecule has 1 aromatic heterocycles. The quantitative estimate of drug-likeness (QED) is 0.225. The normalized spacial score (nSPS) is 12.0. The summed E-state index contributed by atoms with van der Waals surface area (Å²) < 4.78 is 1.88. The van der Waals surface area contributed by atoms with Crippen molar-refractivity contribution in [2.45, 2.75) is 32.0 Å². The molecule has 0 radical (unpaired) electrons. The Hall–Kier alpha value is -3.04. The maximum absolute atomic E-state index is 12.2. The number of carbonyl (C=O) groups is 1. The molecule has 0 fully saturated rings. The van der Waals surface area contributed by atoms with Gasteiger partial charge in [-0.05, 0) is 56.7 Å². The highest BCUT2D eigenvalue weighted by Gasteiger charge is 2.16. The number of hydrazone groups is 1. The summed E-state index contributed by atoms with van der Waals surface area (Å²) in [5, 5.41) is 17.2. The molecule has 1 heterocycles. The van der Waals surface area contributed by atoms with Crippen molar-refractivity contribution >= 4 is 46.9 Å².